The molecule has 6 heteroatoms. The minimum absolute atomic E-state index is 0.658. The third-order valence-corrected chi connectivity index (χ3v) is 3.05. The minimum atomic E-state index is 0.658. The largest absolute Gasteiger partial charge is 0.354 e. The van der Waals surface area contributed by atoms with Gasteiger partial charge in [0.05, 0.1) is 0 Å². The molecule has 1 N–H and O–H groups in total. The maximum absolute atomic E-state index is 4.52. The van der Waals surface area contributed by atoms with Crippen molar-refractivity contribution in [1.82, 2.24) is 15.0 Å². The van der Waals surface area contributed by atoms with E-state index in [1.165, 1.54) is 6.42 Å². The zero-order valence-electron chi connectivity index (χ0n) is 11.6. The van der Waals surface area contributed by atoms with Crippen LogP contribution in [0.5, 0.6) is 0 Å². The fraction of sp³-hybridized carbons (Fsp3) is 0.750. The number of aromatic nitrogens is 3. The fourth-order valence-corrected chi connectivity index (χ4v) is 2.05. The van der Waals surface area contributed by atoms with Gasteiger partial charge in [0.1, 0.15) is 0 Å². The summed E-state index contributed by atoms with van der Waals surface area (Å²) in [6.45, 7) is 7.18. The highest BCUT2D eigenvalue weighted by atomic mass is 15.4. The Morgan fingerprint density at radius 1 is 1.33 bits per heavy atom. The van der Waals surface area contributed by atoms with Gasteiger partial charge in [0.25, 0.3) is 0 Å². The van der Waals surface area contributed by atoms with Crippen LogP contribution in [0.15, 0.2) is 0 Å². The molecule has 18 heavy (non-hydrogen) atoms. The van der Waals surface area contributed by atoms with E-state index >= 15 is 0 Å². The molecule has 0 bridgehead atoms. The molecule has 0 spiro atoms. The van der Waals surface area contributed by atoms with E-state index in [0.29, 0.717) is 17.8 Å². The van der Waals surface area contributed by atoms with Crippen molar-refractivity contribution >= 4 is 17.8 Å². The molecule has 1 aliphatic heterocycles. The third kappa shape index (κ3) is 2.80. The summed E-state index contributed by atoms with van der Waals surface area (Å²) in [5.41, 5.74) is 0. The van der Waals surface area contributed by atoms with E-state index < -0.39 is 0 Å². The summed E-state index contributed by atoms with van der Waals surface area (Å²) in [6.07, 6.45) is 1.21. The van der Waals surface area contributed by atoms with Crippen LogP contribution in [0.25, 0.3) is 0 Å². The van der Waals surface area contributed by atoms with Gasteiger partial charge in [-0.05, 0) is 19.3 Å². The number of nitrogens with one attached hydrogen (secondary N) is 1. The predicted octanol–water partition coefficient (Wildman–Crippen LogP) is 1.22. The number of rotatable bonds is 4. The highest BCUT2D eigenvalue weighted by Crippen LogP contribution is 2.22. The van der Waals surface area contributed by atoms with Crippen molar-refractivity contribution in [2.75, 3.05) is 48.8 Å². The summed E-state index contributed by atoms with van der Waals surface area (Å²) >= 11 is 0. The second-order valence-corrected chi connectivity index (χ2v) is 5.02. The molecule has 0 amide bonds. The standard InChI is InChI=1S/C12H22N6/c1-5-13-10-14-11(17(3)4)16-12(15-10)18-7-6-9(2)8-18/h9H,5-8H2,1-4H3,(H,13,14,15,16). The summed E-state index contributed by atoms with van der Waals surface area (Å²) in [6, 6.07) is 0. The van der Waals surface area contributed by atoms with Crippen LogP contribution >= 0.6 is 0 Å². The van der Waals surface area contributed by atoms with E-state index in [2.05, 4.69) is 32.1 Å². The van der Waals surface area contributed by atoms with Gasteiger partial charge in [0, 0.05) is 33.7 Å². The second kappa shape index (κ2) is 5.37. The first-order valence-corrected chi connectivity index (χ1v) is 6.52. The van der Waals surface area contributed by atoms with Gasteiger partial charge in [-0.15, -0.1) is 0 Å². The summed E-state index contributed by atoms with van der Waals surface area (Å²) in [5.74, 6) is 2.86. The van der Waals surface area contributed by atoms with E-state index in [1.54, 1.807) is 0 Å². The molecule has 2 heterocycles. The molecule has 1 atom stereocenters. The zero-order chi connectivity index (χ0) is 13.1. The molecule has 1 aromatic heterocycles. The van der Waals surface area contributed by atoms with Crippen molar-refractivity contribution in [2.24, 2.45) is 5.92 Å². The van der Waals surface area contributed by atoms with Crippen LogP contribution in [0.3, 0.4) is 0 Å². The van der Waals surface area contributed by atoms with Crippen LogP contribution in [0.2, 0.25) is 0 Å². The van der Waals surface area contributed by atoms with E-state index in [4.69, 9.17) is 0 Å². The highest BCUT2D eigenvalue weighted by Gasteiger charge is 2.22. The van der Waals surface area contributed by atoms with Gasteiger partial charge in [0.2, 0.25) is 17.8 Å². The Balaban J connectivity index is 2.27. The van der Waals surface area contributed by atoms with Crippen LogP contribution < -0.4 is 15.1 Å². The fourth-order valence-electron chi connectivity index (χ4n) is 2.05. The normalized spacial score (nSPS) is 19.1. The SMILES string of the molecule is CCNc1nc(N(C)C)nc(N2CCC(C)C2)n1. The molecule has 1 unspecified atom stereocenters. The number of hydrogen-bond acceptors (Lipinski definition) is 6. The zero-order valence-corrected chi connectivity index (χ0v) is 11.6. The van der Waals surface area contributed by atoms with Crippen molar-refractivity contribution in [3.8, 4) is 0 Å². The average Bonchev–Trinajstić information content (AvgIpc) is 2.76. The van der Waals surface area contributed by atoms with Gasteiger partial charge in [-0.25, -0.2) is 0 Å². The Labute approximate surface area is 108 Å². The van der Waals surface area contributed by atoms with Crippen LogP contribution in [-0.4, -0.2) is 48.7 Å². The average molecular weight is 250 g/mol. The molecule has 0 radical (unpaired) electrons. The topological polar surface area (TPSA) is 57.2 Å². The molecule has 1 fully saturated rings. The summed E-state index contributed by atoms with van der Waals surface area (Å²) in [4.78, 5) is 17.5. The quantitative estimate of drug-likeness (QED) is 0.867. The van der Waals surface area contributed by atoms with Crippen LogP contribution in [0.4, 0.5) is 17.8 Å². The van der Waals surface area contributed by atoms with Crippen LogP contribution in [0.1, 0.15) is 20.3 Å². The van der Waals surface area contributed by atoms with Gasteiger partial charge in [-0.2, -0.15) is 15.0 Å². The molecule has 1 aromatic rings. The molecule has 1 saturated heterocycles. The lowest BCUT2D eigenvalue weighted by atomic mass is 10.2. The van der Waals surface area contributed by atoms with Gasteiger partial charge in [0.15, 0.2) is 0 Å². The molecule has 1 aliphatic rings. The molecule has 2 rings (SSSR count). The molecule has 100 valence electrons. The molecule has 0 aliphatic carbocycles. The maximum Gasteiger partial charge on any atom is 0.231 e. The predicted molar refractivity (Wildman–Crippen MR) is 74.3 cm³/mol. The first-order chi connectivity index (χ1) is 8.60. The summed E-state index contributed by atoms with van der Waals surface area (Å²) < 4.78 is 0. The highest BCUT2D eigenvalue weighted by molar-refractivity contribution is 5.45. The number of anilines is 3. The second-order valence-electron chi connectivity index (χ2n) is 5.02. The lowest BCUT2D eigenvalue weighted by molar-refractivity contribution is 0.658. The van der Waals surface area contributed by atoms with Crippen molar-refractivity contribution < 1.29 is 0 Å². The lowest BCUT2D eigenvalue weighted by Gasteiger charge is -2.19. The Morgan fingerprint density at radius 2 is 2.11 bits per heavy atom. The molecular weight excluding hydrogens is 228 g/mol. The van der Waals surface area contributed by atoms with E-state index in [1.807, 2.05) is 25.9 Å². The number of hydrogen-bond donors (Lipinski definition) is 1. The van der Waals surface area contributed by atoms with Crippen molar-refractivity contribution in [1.29, 1.82) is 0 Å². The van der Waals surface area contributed by atoms with Gasteiger partial charge >= 0.3 is 0 Å². The first-order valence-electron chi connectivity index (χ1n) is 6.52. The minimum Gasteiger partial charge on any atom is -0.354 e. The maximum atomic E-state index is 4.52. The van der Waals surface area contributed by atoms with E-state index in [-0.39, 0.29) is 0 Å². The monoisotopic (exact) mass is 250 g/mol. The van der Waals surface area contributed by atoms with E-state index in [0.717, 1.165) is 25.6 Å². The smallest absolute Gasteiger partial charge is 0.231 e. The molecule has 0 aromatic carbocycles. The van der Waals surface area contributed by atoms with Gasteiger partial charge < -0.3 is 15.1 Å². The summed E-state index contributed by atoms with van der Waals surface area (Å²) in [5, 5.41) is 3.16. The Kier molecular flexibility index (Phi) is 3.84. The van der Waals surface area contributed by atoms with Crippen molar-refractivity contribution in [2.45, 2.75) is 20.3 Å². The van der Waals surface area contributed by atoms with Gasteiger partial charge in [-0.1, -0.05) is 6.92 Å². The Hall–Kier alpha value is -1.59. The van der Waals surface area contributed by atoms with Crippen molar-refractivity contribution in [3.05, 3.63) is 0 Å². The summed E-state index contributed by atoms with van der Waals surface area (Å²) in [7, 11) is 3.89. The Morgan fingerprint density at radius 3 is 2.67 bits per heavy atom. The molecule has 0 saturated carbocycles. The molecular formula is C12H22N6. The Bertz CT molecular complexity index is 406. The van der Waals surface area contributed by atoms with Crippen LogP contribution in [0, 0.1) is 5.92 Å². The molecule has 6 nitrogen and oxygen atoms in total. The number of nitrogens with zero attached hydrogens (tertiary/aromatic N) is 5. The van der Waals surface area contributed by atoms with Gasteiger partial charge in [-0.3, -0.25) is 0 Å². The van der Waals surface area contributed by atoms with Crippen molar-refractivity contribution in [3.63, 3.8) is 0 Å². The van der Waals surface area contributed by atoms with E-state index in [9.17, 15) is 0 Å². The van der Waals surface area contributed by atoms with Crippen LogP contribution in [-0.2, 0) is 0 Å². The third-order valence-electron chi connectivity index (χ3n) is 3.05. The first kappa shape index (κ1) is 12.9. The lowest BCUT2D eigenvalue weighted by Crippen LogP contribution is -2.24.